The van der Waals surface area contributed by atoms with Crippen molar-refractivity contribution in [3.05, 3.63) is 10.9 Å². The fraction of sp³-hybridized carbons (Fsp3) is 0.375. The van der Waals surface area contributed by atoms with Crippen LogP contribution in [-0.2, 0) is 4.74 Å². The second kappa shape index (κ2) is 4.53. The summed E-state index contributed by atoms with van der Waals surface area (Å²) >= 11 is 3.06. The van der Waals surface area contributed by atoms with Crippen LogP contribution in [0.1, 0.15) is 9.67 Å². The maximum atomic E-state index is 11.2. The van der Waals surface area contributed by atoms with Gasteiger partial charge in [0.25, 0.3) is 0 Å². The second-order valence-electron chi connectivity index (χ2n) is 2.26. The highest BCUT2D eigenvalue weighted by Gasteiger charge is 2.13. The summed E-state index contributed by atoms with van der Waals surface area (Å²) in [5, 5.41) is 3.03. The van der Waals surface area contributed by atoms with Gasteiger partial charge in [0.05, 0.1) is 17.0 Å². The lowest BCUT2D eigenvalue weighted by atomic mass is 10.4. The highest BCUT2D eigenvalue weighted by atomic mass is 32.2. The number of hydrogen-bond donors (Lipinski definition) is 1. The third-order valence-electron chi connectivity index (χ3n) is 1.54. The summed E-state index contributed by atoms with van der Waals surface area (Å²) in [6, 6.07) is 1.81. The number of carbonyl (C=O) groups excluding carboxylic acids is 1. The molecular weight excluding hydrogens is 206 g/mol. The lowest BCUT2D eigenvalue weighted by Gasteiger charge is -1.95. The molecule has 1 aromatic rings. The first-order valence-corrected chi connectivity index (χ1v) is 5.71. The Hall–Kier alpha value is -0.680. The first kappa shape index (κ1) is 10.4. The number of anilines is 1. The Balaban J connectivity index is 2.99. The van der Waals surface area contributed by atoms with E-state index in [0.717, 1.165) is 9.90 Å². The summed E-state index contributed by atoms with van der Waals surface area (Å²) in [4.78, 5) is 11.8. The molecule has 0 aliphatic rings. The van der Waals surface area contributed by atoms with Gasteiger partial charge >= 0.3 is 5.97 Å². The van der Waals surface area contributed by atoms with Crippen molar-refractivity contribution < 1.29 is 9.53 Å². The standard InChI is InChI=1S/C8H11NO2S2/c1-9-5-4-6(7(10)11-2)13-8(5)12-3/h4,9H,1-3H3. The molecule has 0 unspecified atom stereocenters. The Bertz CT molecular complexity index is 288. The summed E-state index contributed by atoms with van der Waals surface area (Å²) in [5.41, 5.74) is 0.984. The van der Waals surface area contributed by atoms with Gasteiger partial charge in [-0.15, -0.1) is 23.1 Å². The van der Waals surface area contributed by atoms with Crippen LogP contribution in [0.2, 0.25) is 0 Å². The fourth-order valence-corrected chi connectivity index (χ4v) is 2.70. The molecule has 0 saturated carbocycles. The molecule has 0 spiro atoms. The zero-order chi connectivity index (χ0) is 9.84. The first-order valence-electron chi connectivity index (χ1n) is 3.66. The van der Waals surface area contributed by atoms with Gasteiger partial charge < -0.3 is 10.1 Å². The fourth-order valence-electron chi connectivity index (χ4n) is 0.901. The summed E-state index contributed by atoms with van der Waals surface area (Å²) < 4.78 is 5.73. The van der Waals surface area contributed by atoms with Crippen LogP contribution in [0, 0.1) is 0 Å². The molecule has 13 heavy (non-hydrogen) atoms. The molecule has 1 rings (SSSR count). The Labute approximate surface area is 85.5 Å². The van der Waals surface area contributed by atoms with E-state index in [-0.39, 0.29) is 5.97 Å². The maximum absolute atomic E-state index is 11.2. The molecule has 0 saturated heterocycles. The number of carbonyl (C=O) groups is 1. The average molecular weight is 217 g/mol. The van der Waals surface area contributed by atoms with Crippen LogP contribution in [0.25, 0.3) is 0 Å². The minimum Gasteiger partial charge on any atom is -0.465 e. The molecule has 1 N–H and O–H groups in total. The van der Waals surface area contributed by atoms with E-state index in [4.69, 9.17) is 0 Å². The number of hydrogen-bond acceptors (Lipinski definition) is 5. The maximum Gasteiger partial charge on any atom is 0.348 e. The molecule has 0 fully saturated rings. The highest BCUT2D eigenvalue weighted by molar-refractivity contribution is 8.00. The number of rotatable bonds is 3. The molecule has 0 atom stereocenters. The molecule has 3 nitrogen and oxygen atoms in total. The summed E-state index contributed by atoms with van der Waals surface area (Å²) in [6.07, 6.45) is 1.98. The van der Waals surface area contributed by atoms with Crippen LogP contribution in [0.15, 0.2) is 10.3 Å². The van der Waals surface area contributed by atoms with Crippen molar-refractivity contribution in [3.63, 3.8) is 0 Å². The van der Waals surface area contributed by atoms with Crippen molar-refractivity contribution in [2.75, 3.05) is 25.7 Å². The van der Waals surface area contributed by atoms with Crippen LogP contribution < -0.4 is 5.32 Å². The second-order valence-corrected chi connectivity index (χ2v) is 4.38. The van der Waals surface area contributed by atoms with Crippen molar-refractivity contribution in [2.24, 2.45) is 0 Å². The monoisotopic (exact) mass is 217 g/mol. The van der Waals surface area contributed by atoms with Gasteiger partial charge in [0.2, 0.25) is 0 Å². The van der Waals surface area contributed by atoms with Crippen LogP contribution in [0.4, 0.5) is 5.69 Å². The lowest BCUT2D eigenvalue weighted by molar-refractivity contribution is 0.0606. The van der Waals surface area contributed by atoms with Crippen molar-refractivity contribution >= 4 is 34.8 Å². The van der Waals surface area contributed by atoms with Gasteiger partial charge in [-0.3, -0.25) is 0 Å². The van der Waals surface area contributed by atoms with E-state index < -0.39 is 0 Å². The predicted octanol–water partition coefficient (Wildman–Crippen LogP) is 2.30. The van der Waals surface area contributed by atoms with Crippen LogP contribution in [0.3, 0.4) is 0 Å². The number of esters is 1. The van der Waals surface area contributed by atoms with Gasteiger partial charge in [0, 0.05) is 7.05 Å². The summed E-state index contributed by atoms with van der Waals surface area (Å²) in [7, 11) is 3.22. The van der Waals surface area contributed by atoms with E-state index in [9.17, 15) is 4.79 Å². The van der Waals surface area contributed by atoms with Gasteiger partial charge in [-0.2, -0.15) is 0 Å². The van der Waals surface area contributed by atoms with Crippen LogP contribution in [-0.4, -0.2) is 26.4 Å². The Morgan fingerprint density at radius 3 is 2.77 bits per heavy atom. The molecule has 0 radical (unpaired) electrons. The normalized spacial score (nSPS) is 9.77. The van der Waals surface area contributed by atoms with Crippen molar-refractivity contribution in [2.45, 2.75) is 4.21 Å². The molecule has 0 aliphatic heterocycles. The number of ether oxygens (including phenoxy) is 1. The summed E-state index contributed by atoms with van der Waals surface area (Å²) in [5.74, 6) is -0.276. The highest BCUT2D eigenvalue weighted by Crippen LogP contribution is 2.34. The Kier molecular flexibility index (Phi) is 3.62. The quantitative estimate of drug-likeness (QED) is 0.623. The van der Waals surface area contributed by atoms with Gasteiger partial charge in [-0.05, 0) is 12.3 Å². The molecule has 0 aliphatic carbocycles. The molecule has 5 heteroatoms. The van der Waals surface area contributed by atoms with Crippen molar-refractivity contribution in [1.29, 1.82) is 0 Å². The molecule has 1 heterocycles. The van der Waals surface area contributed by atoms with Gasteiger partial charge in [-0.25, -0.2) is 4.79 Å². The van der Waals surface area contributed by atoms with E-state index in [1.54, 1.807) is 11.8 Å². The van der Waals surface area contributed by atoms with Gasteiger partial charge in [0.1, 0.15) is 4.88 Å². The van der Waals surface area contributed by atoms with E-state index in [2.05, 4.69) is 10.1 Å². The molecule has 0 bridgehead atoms. The SMILES string of the molecule is CNc1cc(C(=O)OC)sc1SC. The third-order valence-corrected chi connectivity index (χ3v) is 3.79. The van der Waals surface area contributed by atoms with E-state index in [0.29, 0.717) is 4.88 Å². The lowest BCUT2D eigenvalue weighted by Crippen LogP contribution is -1.97. The van der Waals surface area contributed by atoms with Crippen molar-refractivity contribution in [1.82, 2.24) is 0 Å². The van der Waals surface area contributed by atoms with E-state index >= 15 is 0 Å². The number of methoxy groups -OCH3 is 1. The average Bonchev–Trinajstić information content (AvgIpc) is 2.59. The zero-order valence-corrected chi connectivity index (χ0v) is 9.34. The Morgan fingerprint density at radius 1 is 1.69 bits per heavy atom. The first-order chi connectivity index (χ1) is 6.22. The van der Waals surface area contributed by atoms with E-state index in [1.165, 1.54) is 18.4 Å². The minimum absolute atomic E-state index is 0.276. The number of thioether (sulfide) groups is 1. The van der Waals surface area contributed by atoms with Gasteiger partial charge in [-0.1, -0.05) is 0 Å². The molecule has 0 amide bonds. The minimum atomic E-state index is -0.276. The van der Waals surface area contributed by atoms with E-state index in [1.807, 2.05) is 19.4 Å². The van der Waals surface area contributed by atoms with Crippen LogP contribution >= 0.6 is 23.1 Å². The smallest absolute Gasteiger partial charge is 0.348 e. The molecule has 1 aromatic heterocycles. The van der Waals surface area contributed by atoms with Gasteiger partial charge in [0.15, 0.2) is 0 Å². The molecular formula is C8H11NO2S2. The largest absolute Gasteiger partial charge is 0.465 e. The molecule has 0 aromatic carbocycles. The zero-order valence-electron chi connectivity index (χ0n) is 7.71. The molecule has 72 valence electrons. The predicted molar refractivity (Wildman–Crippen MR) is 57.0 cm³/mol. The summed E-state index contributed by atoms with van der Waals surface area (Å²) in [6.45, 7) is 0. The number of nitrogens with one attached hydrogen (secondary N) is 1. The van der Waals surface area contributed by atoms with Crippen molar-refractivity contribution in [3.8, 4) is 0 Å². The number of thiophene rings is 1. The Morgan fingerprint density at radius 2 is 2.38 bits per heavy atom. The van der Waals surface area contributed by atoms with Crippen LogP contribution in [0.5, 0.6) is 0 Å². The topological polar surface area (TPSA) is 38.3 Å². The third kappa shape index (κ3) is 2.16.